The van der Waals surface area contributed by atoms with Crippen molar-refractivity contribution in [2.45, 2.75) is 17.8 Å². The predicted molar refractivity (Wildman–Crippen MR) is 71.9 cm³/mol. The van der Waals surface area contributed by atoms with Gasteiger partial charge in [-0.2, -0.15) is 0 Å². The molecule has 0 aromatic carbocycles. The first kappa shape index (κ1) is 16.6. The Morgan fingerprint density at radius 3 is 1.71 bits per heavy atom. The second kappa shape index (κ2) is 7.84. The molecule has 0 aromatic heterocycles. The third-order valence-electron chi connectivity index (χ3n) is 1.45. The summed E-state index contributed by atoms with van der Waals surface area (Å²) in [6.45, 7) is 6.66. The Kier molecular flexibility index (Phi) is 7.65. The third-order valence-corrected chi connectivity index (χ3v) is 5.17. The Bertz CT molecular complexity index is 279. The van der Waals surface area contributed by atoms with Gasteiger partial charge in [-0.05, 0) is 23.5 Å². The monoisotopic (exact) mass is 279 g/mol. The van der Waals surface area contributed by atoms with Crippen LogP contribution in [0.1, 0.15) is 0 Å². The molecule has 6 nitrogen and oxygen atoms in total. The molecule has 3 unspecified atom stereocenters. The molecule has 0 heterocycles. The summed E-state index contributed by atoms with van der Waals surface area (Å²) in [5.41, 5.74) is 16.5. The van der Waals surface area contributed by atoms with Gasteiger partial charge in [0.2, 0.25) is 0 Å². The van der Waals surface area contributed by atoms with E-state index in [1.54, 1.807) is 0 Å². The lowest BCUT2D eigenvalue weighted by Gasteiger charge is -2.23. The number of hydrogen-bond acceptors (Lipinski definition) is 7. The first-order valence-electron chi connectivity index (χ1n) is 4.66. The molecular formula is C9H18N3O3PS. The third kappa shape index (κ3) is 6.80. The van der Waals surface area contributed by atoms with E-state index in [2.05, 4.69) is 19.7 Å². The molecule has 0 spiro atoms. The molecule has 0 aliphatic rings. The van der Waals surface area contributed by atoms with Crippen LogP contribution in [0.25, 0.3) is 0 Å². The van der Waals surface area contributed by atoms with Crippen LogP contribution in [0.15, 0.2) is 38.0 Å². The molecular weight excluding hydrogens is 261 g/mol. The predicted octanol–water partition coefficient (Wildman–Crippen LogP) is 1.27. The van der Waals surface area contributed by atoms with Crippen molar-refractivity contribution < 1.29 is 13.6 Å². The molecule has 0 radical (unpaired) electrons. The van der Waals surface area contributed by atoms with E-state index >= 15 is 0 Å². The summed E-state index contributed by atoms with van der Waals surface area (Å²) in [6, 6.07) is 0. The van der Waals surface area contributed by atoms with Gasteiger partial charge < -0.3 is 17.2 Å². The number of nitrogens with two attached hydrogens (primary N) is 3. The molecule has 0 bridgehead atoms. The minimum absolute atomic E-state index is 0.630. The lowest BCUT2D eigenvalue weighted by Crippen LogP contribution is -2.25. The van der Waals surface area contributed by atoms with Crippen molar-refractivity contribution in [2.24, 2.45) is 17.2 Å². The molecule has 0 saturated carbocycles. The highest BCUT2D eigenvalue weighted by Crippen LogP contribution is 2.62. The highest BCUT2D eigenvalue weighted by molar-refractivity contribution is 8.55. The quantitative estimate of drug-likeness (QED) is 0.331. The van der Waals surface area contributed by atoms with Crippen LogP contribution in [0.2, 0.25) is 0 Å². The summed E-state index contributed by atoms with van der Waals surface area (Å²) in [4.78, 5) is 0. The second-order valence-electron chi connectivity index (χ2n) is 2.86. The van der Waals surface area contributed by atoms with E-state index in [9.17, 15) is 4.57 Å². The maximum Gasteiger partial charge on any atom is 0.394 e. The molecule has 0 amide bonds. The second-order valence-corrected chi connectivity index (χ2v) is 6.91. The molecule has 8 heteroatoms. The Morgan fingerprint density at radius 1 is 1.00 bits per heavy atom. The average Bonchev–Trinajstić information content (AvgIpc) is 2.27. The van der Waals surface area contributed by atoms with Crippen LogP contribution >= 0.6 is 18.2 Å². The van der Waals surface area contributed by atoms with Gasteiger partial charge in [-0.3, -0.25) is 9.05 Å². The van der Waals surface area contributed by atoms with Crippen molar-refractivity contribution in [3.05, 3.63) is 38.0 Å². The topological polar surface area (TPSA) is 114 Å². The Balaban J connectivity index is 4.78. The molecule has 6 N–H and O–H groups in total. The lowest BCUT2D eigenvalue weighted by atomic mass is 10.6. The van der Waals surface area contributed by atoms with Crippen LogP contribution in [0.4, 0.5) is 0 Å². The van der Waals surface area contributed by atoms with Crippen LogP contribution in [-0.2, 0) is 13.6 Å². The fraction of sp³-hybridized carbons (Fsp3) is 0.333. The van der Waals surface area contributed by atoms with Crippen LogP contribution < -0.4 is 17.2 Å². The van der Waals surface area contributed by atoms with Gasteiger partial charge in [0, 0.05) is 0 Å². The van der Waals surface area contributed by atoms with Crippen LogP contribution in [-0.4, -0.2) is 17.8 Å². The molecule has 0 aliphatic heterocycles. The molecule has 0 rings (SSSR count). The Hall–Kier alpha value is -0.400. The standard InChI is InChI=1S/C9H18N3O3PS/c1-4-7(10)14-16(13,15-8(11)5-2)17-9(12)6-3/h4-9H,1-3,10-12H2. The largest absolute Gasteiger partial charge is 0.394 e. The number of hydrogen-bond donors (Lipinski definition) is 3. The zero-order valence-electron chi connectivity index (χ0n) is 9.40. The van der Waals surface area contributed by atoms with Crippen molar-refractivity contribution in [3.63, 3.8) is 0 Å². The molecule has 17 heavy (non-hydrogen) atoms. The summed E-state index contributed by atoms with van der Waals surface area (Å²) in [5, 5.41) is -0.630. The van der Waals surface area contributed by atoms with Gasteiger partial charge in [0.25, 0.3) is 0 Å². The van der Waals surface area contributed by atoms with Gasteiger partial charge >= 0.3 is 6.80 Å². The summed E-state index contributed by atoms with van der Waals surface area (Å²) in [5.74, 6) is 0. The zero-order chi connectivity index (χ0) is 13.5. The summed E-state index contributed by atoms with van der Waals surface area (Å²) in [6.07, 6.45) is 2.05. The SMILES string of the molecule is C=CC(N)OP(=O)(OC(N)C=C)SC(N)C=C. The van der Waals surface area contributed by atoms with Gasteiger partial charge in [0.1, 0.15) is 12.5 Å². The van der Waals surface area contributed by atoms with Crippen LogP contribution in [0.3, 0.4) is 0 Å². The first-order valence-corrected chi connectivity index (χ1v) is 7.69. The van der Waals surface area contributed by atoms with Gasteiger partial charge in [-0.1, -0.05) is 19.2 Å². The van der Waals surface area contributed by atoms with E-state index in [0.29, 0.717) is 0 Å². The minimum atomic E-state index is -3.61. The van der Waals surface area contributed by atoms with Crippen molar-refractivity contribution in [1.29, 1.82) is 0 Å². The van der Waals surface area contributed by atoms with Gasteiger partial charge in [0.15, 0.2) is 0 Å². The van der Waals surface area contributed by atoms with E-state index < -0.39 is 24.6 Å². The van der Waals surface area contributed by atoms with E-state index in [0.717, 1.165) is 11.4 Å². The Morgan fingerprint density at radius 2 is 1.41 bits per heavy atom. The Labute approximate surface area is 105 Å². The smallest absolute Gasteiger partial charge is 0.316 e. The summed E-state index contributed by atoms with van der Waals surface area (Å²) >= 11 is 0.750. The lowest BCUT2D eigenvalue weighted by molar-refractivity contribution is 0.169. The van der Waals surface area contributed by atoms with Crippen molar-refractivity contribution in [2.75, 3.05) is 0 Å². The maximum absolute atomic E-state index is 12.3. The van der Waals surface area contributed by atoms with Gasteiger partial charge in [-0.15, -0.1) is 6.58 Å². The van der Waals surface area contributed by atoms with Crippen molar-refractivity contribution in [1.82, 2.24) is 0 Å². The molecule has 98 valence electrons. The van der Waals surface area contributed by atoms with E-state index in [1.807, 2.05) is 0 Å². The summed E-state index contributed by atoms with van der Waals surface area (Å²) in [7, 11) is 0. The molecule has 3 atom stereocenters. The molecule has 0 saturated heterocycles. The van der Waals surface area contributed by atoms with E-state index in [1.165, 1.54) is 18.2 Å². The number of rotatable bonds is 9. The van der Waals surface area contributed by atoms with Gasteiger partial charge in [-0.25, -0.2) is 4.57 Å². The summed E-state index contributed by atoms with van der Waals surface area (Å²) < 4.78 is 22.3. The molecule has 0 aliphatic carbocycles. The highest BCUT2D eigenvalue weighted by Gasteiger charge is 2.31. The van der Waals surface area contributed by atoms with Crippen LogP contribution in [0, 0.1) is 0 Å². The van der Waals surface area contributed by atoms with Crippen LogP contribution in [0.5, 0.6) is 0 Å². The van der Waals surface area contributed by atoms with Crippen molar-refractivity contribution >= 4 is 18.2 Å². The molecule has 0 aromatic rings. The van der Waals surface area contributed by atoms with Gasteiger partial charge in [0.05, 0.1) is 5.37 Å². The van der Waals surface area contributed by atoms with E-state index in [4.69, 9.17) is 26.2 Å². The highest BCUT2D eigenvalue weighted by atomic mass is 32.7. The maximum atomic E-state index is 12.3. The normalized spacial score (nSPS) is 19.7. The first-order chi connectivity index (χ1) is 7.86. The fourth-order valence-corrected chi connectivity index (χ4v) is 4.00. The zero-order valence-corrected chi connectivity index (χ0v) is 11.1. The van der Waals surface area contributed by atoms with Crippen molar-refractivity contribution in [3.8, 4) is 0 Å². The average molecular weight is 279 g/mol. The van der Waals surface area contributed by atoms with E-state index in [-0.39, 0.29) is 0 Å². The fourth-order valence-electron chi connectivity index (χ4n) is 0.651. The minimum Gasteiger partial charge on any atom is -0.316 e. The molecule has 0 fully saturated rings.